The van der Waals surface area contributed by atoms with Crippen molar-refractivity contribution in [2.75, 3.05) is 26.7 Å². The number of likely N-dealkylation sites (tertiary alicyclic amines) is 1. The van der Waals surface area contributed by atoms with E-state index in [9.17, 15) is 9.59 Å². The summed E-state index contributed by atoms with van der Waals surface area (Å²) in [6.45, 7) is 5.77. The van der Waals surface area contributed by atoms with Crippen molar-refractivity contribution in [1.82, 2.24) is 10.2 Å². The maximum Gasteiger partial charge on any atom is 0.230 e. The largest absolute Gasteiger partial charge is 0.359 e. The number of carbonyl (C=O) groups is 2. The summed E-state index contributed by atoms with van der Waals surface area (Å²) in [6, 6.07) is 0. The van der Waals surface area contributed by atoms with Gasteiger partial charge in [0.15, 0.2) is 0 Å². The Labute approximate surface area is 115 Å². The maximum absolute atomic E-state index is 12.6. The Hall–Kier alpha value is -1.10. The van der Waals surface area contributed by atoms with Gasteiger partial charge in [-0.3, -0.25) is 9.59 Å². The first-order valence-electron chi connectivity index (χ1n) is 7.25. The molecule has 5 heteroatoms. The second-order valence-corrected chi connectivity index (χ2v) is 5.37. The van der Waals surface area contributed by atoms with E-state index in [1.165, 1.54) is 0 Å². The zero-order valence-electron chi connectivity index (χ0n) is 12.4. The van der Waals surface area contributed by atoms with Crippen molar-refractivity contribution in [3.8, 4) is 0 Å². The van der Waals surface area contributed by atoms with Gasteiger partial charge in [0.05, 0.1) is 5.41 Å². The fourth-order valence-corrected chi connectivity index (χ4v) is 2.81. The minimum absolute atomic E-state index is 0.0459. The molecule has 0 aromatic heterocycles. The molecule has 1 fully saturated rings. The lowest BCUT2D eigenvalue weighted by Gasteiger charge is -2.38. The van der Waals surface area contributed by atoms with E-state index in [0.717, 1.165) is 25.7 Å². The van der Waals surface area contributed by atoms with Crippen molar-refractivity contribution in [3.05, 3.63) is 0 Å². The predicted octanol–water partition coefficient (Wildman–Crippen LogP) is 0.736. The average molecular weight is 269 g/mol. The van der Waals surface area contributed by atoms with Crippen molar-refractivity contribution in [2.24, 2.45) is 17.1 Å². The number of nitrogens with one attached hydrogen (secondary N) is 1. The Bertz CT molecular complexity index is 310. The fraction of sp³-hybridized carbons (Fsp3) is 0.857. The molecule has 0 unspecified atom stereocenters. The normalized spacial score (nSPS) is 17.4. The average Bonchev–Trinajstić information content (AvgIpc) is 2.48. The summed E-state index contributed by atoms with van der Waals surface area (Å²) >= 11 is 0. The van der Waals surface area contributed by atoms with Gasteiger partial charge in [-0.1, -0.05) is 13.8 Å². The van der Waals surface area contributed by atoms with Crippen LogP contribution in [0.25, 0.3) is 0 Å². The number of amides is 2. The molecule has 1 aliphatic heterocycles. The van der Waals surface area contributed by atoms with E-state index >= 15 is 0 Å². The Morgan fingerprint density at radius 2 is 1.79 bits per heavy atom. The van der Waals surface area contributed by atoms with Gasteiger partial charge in [-0.05, 0) is 25.7 Å². The molecule has 1 aliphatic rings. The van der Waals surface area contributed by atoms with Gasteiger partial charge >= 0.3 is 0 Å². The third-order valence-corrected chi connectivity index (χ3v) is 4.60. The van der Waals surface area contributed by atoms with Crippen molar-refractivity contribution in [2.45, 2.75) is 39.5 Å². The number of nitrogens with zero attached hydrogens (tertiary/aromatic N) is 1. The molecule has 19 heavy (non-hydrogen) atoms. The maximum atomic E-state index is 12.6. The van der Waals surface area contributed by atoms with Gasteiger partial charge in [0.1, 0.15) is 0 Å². The monoisotopic (exact) mass is 269 g/mol. The Morgan fingerprint density at radius 3 is 2.16 bits per heavy atom. The highest BCUT2D eigenvalue weighted by Gasteiger charge is 2.38. The van der Waals surface area contributed by atoms with Crippen molar-refractivity contribution >= 4 is 11.8 Å². The van der Waals surface area contributed by atoms with Crippen LogP contribution in [0.3, 0.4) is 0 Å². The van der Waals surface area contributed by atoms with Crippen molar-refractivity contribution in [3.63, 3.8) is 0 Å². The van der Waals surface area contributed by atoms with Gasteiger partial charge in [-0.25, -0.2) is 0 Å². The first kappa shape index (κ1) is 16.0. The van der Waals surface area contributed by atoms with Gasteiger partial charge in [0.25, 0.3) is 0 Å². The number of piperidine rings is 1. The first-order chi connectivity index (χ1) is 9.04. The summed E-state index contributed by atoms with van der Waals surface area (Å²) in [5.41, 5.74) is 5.41. The van der Waals surface area contributed by atoms with E-state index in [2.05, 4.69) is 5.32 Å². The second kappa shape index (κ2) is 6.89. The minimum atomic E-state index is -0.417. The highest BCUT2D eigenvalue weighted by atomic mass is 16.2. The van der Waals surface area contributed by atoms with E-state index in [1.807, 2.05) is 18.7 Å². The molecule has 1 heterocycles. The molecule has 3 N–H and O–H groups in total. The molecule has 0 spiro atoms. The molecular formula is C14H27N3O2. The fourth-order valence-electron chi connectivity index (χ4n) is 2.81. The topological polar surface area (TPSA) is 75.4 Å². The summed E-state index contributed by atoms with van der Waals surface area (Å²) < 4.78 is 0. The van der Waals surface area contributed by atoms with Crippen LogP contribution in [-0.4, -0.2) is 43.4 Å². The van der Waals surface area contributed by atoms with E-state index in [4.69, 9.17) is 5.73 Å². The first-order valence-corrected chi connectivity index (χ1v) is 7.25. The van der Waals surface area contributed by atoms with Gasteiger partial charge in [0, 0.05) is 32.6 Å². The van der Waals surface area contributed by atoms with Crippen molar-refractivity contribution in [1.29, 1.82) is 0 Å². The summed E-state index contributed by atoms with van der Waals surface area (Å²) in [4.78, 5) is 26.1. The van der Waals surface area contributed by atoms with Gasteiger partial charge in [-0.2, -0.15) is 0 Å². The van der Waals surface area contributed by atoms with Crippen LogP contribution < -0.4 is 11.1 Å². The molecule has 0 aromatic carbocycles. The van der Waals surface area contributed by atoms with E-state index in [0.29, 0.717) is 19.6 Å². The van der Waals surface area contributed by atoms with Crippen LogP contribution in [0.4, 0.5) is 0 Å². The number of carbonyl (C=O) groups excluding carboxylic acids is 2. The molecule has 0 radical (unpaired) electrons. The third-order valence-electron chi connectivity index (χ3n) is 4.60. The van der Waals surface area contributed by atoms with Crippen LogP contribution in [-0.2, 0) is 9.59 Å². The van der Waals surface area contributed by atoms with Crippen LogP contribution >= 0.6 is 0 Å². The quantitative estimate of drug-likeness (QED) is 0.773. The van der Waals surface area contributed by atoms with Crippen LogP contribution in [0.15, 0.2) is 0 Å². The molecule has 110 valence electrons. The number of hydrogen-bond donors (Lipinski definition) is 2. The van der Waals surface area contributed by atoms with E-state index in [-0.39, 0.29) is 17.7 Å². The molecule has 0 atom stereocenters. The van der Waals surface area contributed by atoms with E-state index < -0.39 is 5.41 Å². The molecule has 1 saturated heterocycles. The van der Waals surface area contributed by atoms with E-state index in [1.54, 1.807) is 7.05 Å². The van der Waals surface area contributed by atoms with Gasteiger partial charge in [-0.15, -0.1) is 0 Å². The molecule has 0 saturated carbocycles. The predicted molar refractivity (Wildman–Crippen MR) is 75.4 cm³/mol. The molecular weight excluding hydrogens is 242 g/mol. The van der Waals surface area contributed by atoms with Crippen LogP contribution in [0.1, 0.15) is 39.5 Å². The summed E-state index contributed by atoms with van der Waals surface area (Å²) in [5.74, 6) is 0.295. The highest BCUT2D eigenvalue weighted by molar-refractivity contribution is 5.83. The zero-order chi connectivity index (χ0) is 14.5. The Balaban J connectivity index is 2.64. The van der Waals surface area contributed by atoms with Crippen molar-refractivity contribution < 1.29 is 9.59 Å². The second-order valence-electron chi connectivity index (χ2n) is 5.37. The molecule has 0 bridgehead atoms. The SMILES string of the molecule is CCC(CC)(CN)C(=O)N1CCC(C(=O)NC)CC1. The smallest absolute Gasteiger partial charge is 0.230 e. The number of hydrogen-bond acceptors (Lipinski definition) is 3. The standard InChI is InChI=1S/C14H27N3O2/c1-4-14(5-2,10-15)13(19)17-8-6-11(7-9-17)12(18)16-3/h11H,4-10,15H2,1-3H3,(H,16,18). The van der Waals surface area contributed by atoms with Crippen LogP contribution in [0.2, 0.25) is 0 Å². The summed E-state index contributed by atoms with van der Waals surface area (Å²) in [7, 11) is 1.66. The zero-order valence-corrected chi connectivity index (χ0v) is 12.4. The summed E-state index contributed by atoms with van der Waals surface area (Å²) in [6.07, 6.45) is 3.04. The molecule has 2 amide bonds. The Morgan fingerprint density at radius 1 is 1.26 bits per heavy atom. The van der Waals surface area contributed by atoms with Gasteiger partial charge < -0.3 is 16.0 Å². The summed E-state index contributed by atoms with van der Waals surface area (Å²) in [5, 5.41) is 2.68. The Kier molecular flexibility index (Phi) is 5.79. The highest BCUT2D eigenvalue weighted by Crippen LogP contribution is 2.30. The molecule has 5 nitrogen and oxygen atoms in total. The molecule has 0 aliphatic carbocycles. The minimum Gasteiger partial charge on any atom is -0.359 e. The third kappa shape index (κ3) is 3.26. The molecule has 1 rings (SSSR count). The lowest BCUT2D eigenvalue weighted by molar-refractivity contribution is -0.145. The molecule has 0 aromatic rings. The van der Waals surface area contributed by atoms with Crippen LogP contribution in [0, 0.1) is 11.3 Å². The number of rotatable bonds is 5. The lowest BCUT2D eigenvalue weighted by Crippen LogP contribution is -2.51. The van der Waals surface area contributed by atoms with Crippen LogP contribution in [0.5, 0.6) is 0 Å². The van der Waals surface area contributed by atoms with Gasteiger partial charge in [0.2, 0.25) is 11.8 Å². The lowest BCUT2D eigenvalue weighted by atomic mass is 9.80. The number of nitrogens with two attached hydrogens (primary N) is 1.